The van der Waals surface area contributed by atoms with Crippen molar-refractivity contribution < 1.29 is 4.74 Å². The molecule has 2 aromatic carbocycles. The van der Waals surface area contributed by atoms with E-state index in [0.29, 0.717) is 6.54 Å². The fourth-order valence-corrected chi connectivity index (χ4v) is 2.08. The van der Waals surface area contributed by atoms with Crippen molar-refractivity contribution in [2.75, 3.05) is 6.54 Å². The smallest absolute Gasteiger partial charge is 0.177 e. The van der Waals surface area contributed by atoms with Gasteiger partial charge in [-0.15, -0.1) is 0 Å². The SMILES string of the molecule is Clc1ccc(-c2cccc(OC3CNNN3)c2)cc1. The van der Waals surface area contributed by atoms with E-state index in [9.17, 15) is 0 Å². The van der Waals surface area contributed by atoms with Crippen molar-refractivity contribution in [2.24, 2.45) is 0 Å². The highest BCUT2D eigenvalue weighted by atomic mass is 35.5. The molecule has 4 nitrogen and oxygen atoms in total. The number of hydrazine groups is 2. The van der Waals surface area contributed by atoms with Crippen molar-refractivity contribution in [1.29, 1.82) is 0 Å². The standard InChI is InChI=1S/C14H14ClN3O/c15-12-6-4-10(5-7-12)11-2-1-3-13(8-11)19-14-9-16-18-17-14/h1-8,14,16-18H,9H2. The molecule has 5 heteroatoms. The van der Waals surface area contributed by atoms with Gasteiger partial charge in [0.1, 0.15) is 5.75 Å². The molecule has 0 amide bonds. The Kier molecular flexibility index (Phi) is 3.66. The van der Waals surface area contributed by atoms with Crippen LogP contribution >= 0.6 is 11.6 Å². The molecule has 1 saturated heterocycles. The van der Waals surface area contributed by atoms with Crippen molar-refractivity contribution in [2.45, 2.75) is 6.23 Å². The second kappa shape index (κ2) is 5.59. The van der Waals surface area contributed by atoms with Gasteiger partial charge in [0.15, 0.2) is 6.23 Å². The molecule has 1 heterocycles. The van der Waals surface area contributed by atoms with Crippen LogP contribution in [0.5, 0.6) is 5.75 Å². The summed E-state index contributed by atoms with van der Waals surface area (Å²) >= 11 is 5.90. The summed E-state index contributed by atoms with van der Waals surface area (Å²) in [7, 11) is 0. The largest absolute Gasteiger partial charge is 0.473 e. The van der Waals surface area contributed by atoms with Gasteiger partial charge < -0.3 is 4.74 Å². The second-order valence-electron chi connectivity index (χ2n) is 4.29. The number of rotatable bonds is 3. The molecular formula is C14H14ClN3O. The molecule has 0 radical (unpaired) electrons. The normalized spacial score (nSPS) is 18.5. The van der Waals surface area contributed by atoms with E-state index in [2.05, 4.69) is 22.5 Å². The van der Waals surface area contributed by atoms with Crippen molar-refractivity contribution in [1.82, 2.24) is 16.4 Å². The summed E-state index contributed by atoms with van der Waals surface area (Å²) < 4.78 is 5.80. The number of halogens is 1. The summed E-state index contributed by atoms with van der Waals surface area (Å²) in [5, 5.41) is 0.739. The Morgan fingerprint density at radius 3 is 2.63 bits per heavy atom. The third-order valence-corrected chi connectivity index (χ3v) is 3.15. The highest BCUT2D eigenvalue weighted by Crippen LogP contribution is 2.25. The highest BCUT2D eigenvalue weighted by Gasteiger charge is 2.14. The Labute approximate surface area is 116 Å². The molecule has 19 heavy (non-hydrogen) atoms. The van der Waals surface area contributed by atoms with Crippen LogP contribution in [0.4, 0.5) is 0 Å². The molecule has 0 aliphatic carbocycles. The highest BCUT2D eigenvalue weighted by molar-refractivity contribution is 6.30. The van der Waals surface area contributed by atoms with Crippen molar-refractivity contribution in [3.63, 3.8) is 0 Å². The Balaban J connectivity index is 1.80. The maximum absolute atomic E-state index is 5.90. The van der Waals surface area contributed by atoms with Crippen LogP contribution in [0.25, 0.3) is 11.1 Å². The van der Waals surface area contributed by atoms with Crippen LogP contribution in [-0.4, -0.2) is 12.8 Å². The molecule has 1 fully saturated rings. The predicted octanol–water partition coefficient (Wildman–Crippen LogP) is 2.32. The summed E-state index contributed by atoms with van der Waals surface area (Å²) in [6.45, 7) is 0.713. The molecule has 0 aromatic heterocycles. The van der Waals surface area contributed by atoms with Crippen LogP contribution in [-0.2, 0) is 0 Å². The molecule has 0 saturated carbocycles. The number of hydrogen-bond acceptors (Lipinski definition) is 4. The van der Waals surface area contributed by atoms with E-state index >= 15 is 0 Å². The Hall–Kier alpha value is -1.59. The van der Waals surface area contributed by atoms with Crippen LogP contribution in [0.3, 0.4) is 0 Å². The number of ether oxygens (including phenoxy) is 1. The molecule has 1 aliphatic heterocycles. The quantitative estimate of drug-likeness (QED) is 0.805. The maximum atomic E-state index is 5.90. The van der Waals surface area contributed by atoms with Gasteiger partial charge in [-0.1, -0.05) is 35.9 Å². The molecule has 1 unspecified atom stereocenters. The number of hydrogen-bond donors (Lipinski definition) is 3. The van der Waals surface area contributed by atoms with Crippen LogP contribution in [0.2, 0.25) is 5.02 Å². The van der Waals surface area contributed by atoms with Gasteiger partial charge in [-0.3, -0.25) is 0 Å². The first-order valence-electron chi connectivity index (χ1n) is 6.07. The Bertz CT molecular complexity index is 553. The molecule has 98 valence electrons. The molecule has 1 aliphatic rings. The summed E-state index contributed by atoms with van der Waals surface area (Å²) in [5.41, 5.74) is 10.9. The van der Waals surface area contributed by atoms with E-state index in [0.717, 1.165) is 21.9 Å². The van der Waals surface area contributed by atoms with E-state index in [1.54, 1.807) is 0 Å². The van der Waals surface area contributed by atoms with Crippen LogP contribution < -0.4 is 21.1 Å². The van der Waals surface area contributed by atoms with Crippen LogP contribution in [0, 0.1) is 0 Å². The predicted molar refractivity (Wildman–Crippen MR) is 75.6 cm³/mol. The number of benzene rings is 2. The lowest BCUT2D eigenvalue weighted by Gasteiger charge is -2.13. The average Bonchev–Trinajstić information content (AvgIpc) is 2.93. The zero-order valence-corrected chi connectivity index (χ0v) is 10.9. The van der Waals surface area contributed by atoms with E-state index in [-0.39, 0.29) is 6.23 Å². The summed E-state index contributed by atoms with van der Waals surface area (Å²) in [4.78, 5) is 0. The zero-order valence-electron chi connectivity index (χ0n) is 10.2. The average molecular weight is 276 g/mol. The molecule has 1 atom stereocenters. The molecule has 3 rings (SSSR count). The van der Waals surface area contributed by atoms with Crippen molar-refractivity contribution in [3.8, 4) is 16.9 Å². The Morgan fingerprint density at radius 1 is 1.05 bits per heavy atom. The molecule has 3 N–H and O–H groups in total. The van der Waals surface area contributed by atoms with E-state index in [4.69, 9.17) is 16.3 Å². The lowest BCUT2D eigenvalue weighted by atomic mass is 10.1. The minimum Gasteiger partial charge on any atom is -0.473 e. The second-order valence-corrected chi connectivity index (χ2v) is 4.73. The van der Waals surface area contributed by atoms with Gasteiger partial charge in [0.05, 0.1) is 6.54 Å². The van der Waals surface area contributed by atoms with Gasteiger partial charge in [-0.25, -0.2) is 10.9 Å². The summed E-state index contributed by atoms with van der Waals surface area (Å²) in [6, 6.07) is 15.8. The van der Waals surface area contributed by atoms with Crippen molar-refractivity contribution in [3.05, 3.63) is 53.6 Å². The van der Waals surface area contributed by atoms with Gasteiger partial charge in [0.25, 0.3) is 0 Å². The first kappa shape index (κ1) is 12.4. The topological polar surface area (TPSA) is 45.3 Å². The lowest BCUT2D eigenvalue weighted by molar-refractivity contribution is 0.191. The third kappa shape index (κ3) is 3.05. The monoisotopic (exact) mass is 275 g/mol. The van der Waals surface area contributed by atoms with Gasteiger partial charge in [0.2, 0.25) is 0 Å². The van der Waals surface area contributed by atoms with Crippen molar-refractivity contribution >= 4 is 11.6 Å². The maximum Gasteiger partial charge on any atom is 0.177 e. The van der Waals surface area contributed by atoms with Crippen LogP contribution in [0.15, 0.2) is 48.5 Å². The Morgan fingerprint density at radius 2 is 1.89 bits per heavy atom. The van der Waals surface area contributed by atoms with E-state index in [1.165, 1.54) is 0 Å². The van der Waals surface area contributed by atoms with Gasteiger partial charge in [-0.2, -0.15) is 5.53 Å². The minimum absolute atomic E-state index is 0.0690. The van der Waals surface area contributed by atoms with E-state index in [1.807, 2.05) is 42.5 Å². The van der Waals surface area contributed by atoms with Gasteiger partial charge in [0, 0.05) is 5.02 Å². The third-order valence-electron chi connectivity index (χ3n) is 2.90. The fraction of sp³-hybridized carbons (Fsp3) is 0.143. The van der Waals surface area contributed by atoms with Gasteiger partial charge in [-0.05, 0) is 35.4 Å². The van der Waals surface area contributed by atoms with E-state index < -0.39 is 0 Å². The zero-order chi connectivity index (χ0) is 13.1. The number of nitrogens with one attached hydrogen (secondary N) is 3. The fourth-order valence-electron chi connectivity index (χ4n) is 1.95. The molecule has 2 aromatic rings. The molecular weight excluding hydrogens is 262 g/mol. The lowest BCUT2D eigenvalue weighted by Crippen LogP contribution is -2.36. The first-order chi connectivity index (χ1) is 9.31. The molecule has 0 spiro atoms. The molecule has 0 bridgehead atoms. The first-order valence-corrected chi connectivity index (χ1v) is 6.45. The van der Waals surface area contributed by atoms with Crippen LogP contribution in [0.1, 0.15) is 0 Å². The minimum atomic E-state index is -0.0690. The summed E-state index contributed by atoms with van der Waals surface area (Å²) in [5.74, 6) is 0.829. The van der Waals surface area contributed by atoms with Gasteiger partial charge >= 0.3 is 0 Å². The summed E-state index contributed by atoms with van der Waals surface area (Å²) in [6.07, 6.45) is -0.0690.